The van der Waals surface area contributed by atoms with E-state index in [4.69, 9.17) is 8.83 Å². The number of rotatable bonds is 6. The van der Waals surface area contributed by atoms with E-state index < -0.39 is 0 Å². The summed E-state index contributed by atoms with van der Waals surface area (Å²) in [6.07, 6.45) is 0.600. The molecule has 4 aromatic rings. The lowest BCUT2D eigenvalue weighted by Crippen LogP contribution is -2.02. The molecule has 29 heavy (non-hydrogen) atoms. The number of aromatic nitrogens is 2. The summed E-state index contributed by atoms with van der Waals surface area (Å²) in [5, 5.41) is 9.72. The first-order valence-corrected chi connectivity index (χ1v) is 10.5. The molecular formula is C23H22N2O3S. The quantitative estimate of drug-likeness (QED) is 0.311. The van der Waals surface area contributed by atoms with Crippen LogP contribution in [0.2, 0.25) is 0 Å². The van der Waals surface area contributed by atoms with Crippen molar-refractivity contribution in [2.45, 2.75) is 44.1 Å². The molecule has 0 aliphatic heterocycles. The third-order valence-electron chi connectivity index (χ3n) is 4.84. The molecule has 2 heterocycles. The van der Waals surface area contributed by atoms with Gasteiger partial charge in [-0.2, -0.15) is 0 Å². The van der Waals surface area contributed by atoms with E-state index in [2.05, 4.69) is 30.1 Å². The summed E-state index contributed by atoms with van der Waals surface area (Å²) in [6.45, 7) is 6.37. The smallest absolute Gasteiger partial charge is 0.336 e. The first kappa shape index (κ1) is 19.5. The van der Waals surface area contributed by atoms with Crippen LogP contribution in [0.15, 0.2) is 67.4 Å². The van der Waals surface area contributed by atoms with Gasteiger partial charge >= 0.3 is 5.63 Å². The van der Waals surface area contributed by atoms with Crippen molar-refractivity contribution in [2.24, 2.45) is 0 Å². The molecule has 0 amide bonds. The SMILES string of the molecule is Cc1cc2oc(=O)cc(CSc3nnc(Cc4ccccc4)o3)c2cc1C(C)C. The molecule has 0 saturated carbocycles. The standard InChI is InChI=1S/C23H22N2O3S/c1-14(2)18-12-19-17(11-22(26)27-20(19)9-15(18)3)13-29-23-25-24-21(28-23)10-16-7-5-4-6-8-16/h4-9,11-12,14H,10,13H2,1-3H3. The highest BCUT2D eigenvalue weighted by Crippen LogP contribution is 2.30. The van der Waals surface area contributed by atoms with Crippen molar-refractivity contribution >= 4 is 22.7 Å². The lowest BCUT2D eigenvalue weighted by molar-refractivity contribution is 0.420. The highest BCUT2D eigenvalue weighted by molar-refractivity contribution is 7.98. The van der Waals surface area contributed by atoms with E-state index in [9.17, 15) is 4.79 Å². The summed E-state index contributed by atoms with van der Waals surface area (Å²) in [5.74, 6) is 1.52. The van der Waals surface area contributed by atoms with Crippen LogP contribution in [0.1, 0.15) is 47.9 Å². The molecule has 0 unspecified atom stereocenters. The maximum Gasteiger partial charge on any atom is 0.336 e. The van der Waals surface area contributed by atoms with E-state index in [1.807, 2.05) is 43.3 Å². The van der Waals surface area contributed by atoms with Crippen molar-refractivity contribution in [3.8, 4) is 0 Å². The average Bonchev–Trinajstić information content (AvgIpc) is 3.13. The molecule has 2 aromatic heterocycles. The van der Waals surface area contributed by atoms with Crippen LogP contribution in [0.5, 0.6) is 0 Å². The van der Waals surface area contributed by atoms with Gasteiger partial charge in [-0.3, -0.25) is 0 Å². The Morgan fingerprint density at radius 3 is 2.59 bits per heavy atom. The fourth-order valence-corrected chi connectivity index (χ4v) is 4.18. The second-order valence-corrected chi connectivity index (χ2v) is 8.29. The Labute approximate surface area is 173 Å². The normalized spacial score (nSPS) is 11.4. The number of nitrogens with zero attached hydrogens (tertiary/aromatic N) is 2. The Morgan fingerprint density at radius 2 is 1.83 bits per heavy atom. The predicted octanol–water partition coefficient (Wildman–Crippen LogP) is 5.49. The van der Waals surface area contributed by atoms with Crippen molar-refractivity contribution in [2.75, 3.05) is 0 Å². The number of benzene rings is 2. The summed E-state index contributed by atoms with van der Waals surface area (Å²) in [4.78, 5) is 12.0. The van der Waals surface area contributed by atoms with Crippen molar-refractivity contribution in [1.29, 1.82) is 0 Å². The topological polar surface area (TPSA) is 69.1 Å². The van der Waals surface area contributed by atoms with Gasteiger partial charge in [-0.25, -0.2) is 4.79 Å². The Balaban J connectivity index is 1.57. The van der Waals surface area contributed by atoms with E-state index in [0.29, 0.717) is 34.8 Å². The van der Waals surface area contributed by atoms with E-state index in [1.54, 1.807) is 6.07 Å². The number of hydrogen-bond acceptors (Lipinski definition) is 6. The van der Waals surface area contributed by atoms with Crippen LogP contribution in [-0.4, -0.2) is 10.2 Å². The third-order valence-corrected chi connectivity index (χ3v) is 5.70. The minimum Gasteiger partial charge on any atom is -0.423 e. The van der Waals surface area contributed by atoms with Crippen LogP contribution in [-0.2, 0) is 12.2 Å². The minimum absolute atomic E-state index is 0.347. The number of thioether (sulfide) groups is 1. The summed E-state index contributed by atoms with van der Waals surface area (Å²) in [5.41, 5.74) is 4.68. The minimum atomic E-state index is -0.347. The number of hydrogen-bond donors (Lipinski definition) is 0. The molecule has 148 valence electrons. The van der Waals surface area contributed by atoms with Crippen LogP contribution >= 0.6 is 11.8 Å². The zero-order valence-corrected chi connectivity index (χ0v) is 17.5. The maximum absolute atomic E-state index is 12.0. The Hall–Kier alpha value is -2.86. The monoisotopic (exact) mass is 406 g/mol. The van der Waals surface area contributed by atoms with Crippen molar-refractivity contribution in [3.05, 3.63) is 87.1 Å². The van der Waals surface area contributed by atoms with Crippen molar-refractivity contribution < 1.29 is 8.83 Å². The average molecular weight is 407 g/mol. The summed E-state index contributed by atoms with van der Waals surface area (Å²) in [7, 11) is 0. The molecule has 0 N–H and O–H groups in total. The lowest BCUT2D eigenvalue weighted by atomic mass is 9.95. The van der Waals surface area contributed by atoms with Crippen LogP contribution in [0.25, 0.3) is 11.0 Å². The van der Waals surface area contributed by atoms with Gasteiger partial charge in [0.25, 0.3) is 5.22 Å². The van der Waals surface area contributed by atoms with Crippen LogP contribution in [0, 0.1) is 6.92 Å². The van der Waals surface area contributed by atoms with E-state index >= 15 is 0 Å². The van der Waals surface area contributed by atoms with Gasteiger partial charge in [-0.15, -0.1) is 10.2 Å². The van der Waals surface area contributed by atoms with Crippen LogP contribution in [0.4, 0.5) is 0 Å². The van der Waals surface area contributed by atoms with Crippen molar-refractivity contribution in [3.63, 3.8) is 0 Å². The van der Waals surface area contributed by atoms with Gasteiger partial charge in [0.15, 0.2) is 0 Å². The molecule has 0 saturated heterocycles. The Kier molecular flexibility index (Phi) is 5.53. The van der Waals surface area contributed by atoms with Gasteiger partial charge in [0.2, 0.25) is 5.89 Å². The fraction of sp³-hybridized carbons (Fsp3) is 0.261. The summed E-state index contributed by atoms with van der Waals surface area (Å²) in [6, 6.07) is 15.6. The molecule has 0 atom stereocenters. The highest BCUT2D eigenvalue weighted by Gasteiger charge is 2.13. The first-order chi connectivity index (χ1) is 14.0. The Morgan fingerprint density at radius 1 is 1.03 bits per heavy atom. The Bertz CT molecular complexity index is 1200. The molecule has 0 fully saturated rings. The largest absolute Gasteiger partial charge is 0.423 e. The third kappa shape index (κ3) is 4.43. The predicted molar refractivity (Wildman–Crippen MR) is 114 cm³/mol. The first-order valence-electron chi connectivity index (χ1n) is 9.56. The highest BCUT2D eigenvalue weighted by atomic mass is 32.2. The van der Waals surface area contributed by atoms with Gasteiger partial charge in [0, 0.05) is 17.2 Å². The van der Waals surface area contributed by atoms with Gasteiger partial charge in [0.1, 0.15) is 5.58 Å². The molecular weight excluding hydrogens is 384 g/mol. The lowest BCUT2D eigenvalue weighted by Gasteiger charge is -2.12. The van der Waals surface area contributed by atoms with Gasteiger partial charge < -0.3 is 8.83 Å². The molecule has 0 spiro atoms. The van der Waals surface area contributed by atoms with Crippen LogP contribution in [0.3, 0.4) is 0 Å². The second-order valence-electron chi connectivity index (χ2n) is 7.36. The summed E-state index contributed by atoms with van der Waals surface area (Å²) < 4.78 is 11.2. The molecule has 4 rings (SSSR count). The molecule has 6 heteroatoms. The zero-order valence-electron chi connectivity index (χ0n) is 16.6. The van der Waals surface area contributed by atoms with E-state index in [0.717, 1.165) is 22.1 Å². The molecule has 0 bridgehead atoms. The van der Waals surface area contributed by atoms with Gasteiger partial charge in [-0.05, 0) is 47.2 Å². The molecule has 2 aromatic carbocycles. The van der Waals surface area contributed by atoms with Gasteiger partial charge in [-0.1, -0.05) is 55.9 Å². The van der Waals surface area contributed by atoms with Gasteiger partial charge in [0.05, 0.1) is 6.42 Å². The zero-order chi connectivity index (χ0) is 20.4. The fourth-order valence-electron chi connectivity index (χ4n) is 3.41. The number of aryl methyl sites for hydroxylation is 1. The molecule has 5 nitrogen and oxygen atoms in total. The number of fused-ring (bicyclic) bond motifs is 1. The summed E-state index contributed by atoms with van der Waals surface area (Å²) >= 11 is 1.43. The van der Waals surface area contributed by atoms with E-state index in [1.165, 1.54) is 17.3 Å². The molecule has 0 aliphatic carbocycles. The molecule has 0 aliphatic rings. The second kappa shape index (κ2) is 8.25. The van der Waals surface area contributed by atoms with Crippen molar-refractivity contribution in [1.82, 2.24) is 10.2 Å². The van der Waals surface area contributed by atoms with Crippen LogP contribution < -0.4 is 5.63 Å². The maximum atomic E-state index is 12.0. The molecule has 0 radical (unpaired) electrons. The van der Waals surface area contributed by atoms with E-state index in [-0.39, 0.29) is 5.63 Å².